The van der Waals surface area contributed by atoms with E-state index in [0.717, 1.165) is 56.3 Å². The Morgan fingerprint density at radius 2 is 2.00 bits per heavy atom. The first-order chi connectivity index (χ1) is 13.5. The summed E-state index contributed by atoms with van der Waals surface area (Å²) in [7, 11) is 0. The summed E-state index contributed by atoms with van der Waals surface area (Å²) in [4.78, 5) is 13.3. The maximum Gasteiger partial charge on any atom is 0.162 e. The number of hydrogen-bond acceptors (Lipinski definition) is 4. The van der Waals surface area contributed by atoms with Crippen LogP contribution >= 0.6 is 0 Å². The lowest BCUT2D eigenvalue weighted by Gasteiger charge is -2.61. The van der Waals surface area contributed by atoms with E-state index in [-0.39, 0.29) is 29.1 Å². The molecule has 4 aliphatic rings. The quantitative estimate of drug-likeness (QED) is 0.712. The summed E-state index contributed by atoms with van der Waals surface area (Å²) >= 11 is 0. The lowest BCUT2D eigenvalue weighted by Crippen LogP contribution is -2.58. The molecule has 4 aliphatic carbocycles. The van der Waals surface area contributed by atoms with Crippen LogP contribution in [0.4, 0.5) is 0 Å². The maximum atomic E-state index is 13.3. The summed E-state index contributed by atoms with van der Waals surface area (Å²) < 4.78 is 5.41. The molecule has 2 N–H and O–H groups in total. The summed E-state index contributed by atoms with van der Waals surface area (Å²) in [6, 6.07) is 3.73. The molecule has 1 aromatic heterocycles. The molecule has 4 heteroatoms. The predicted octanol–water partition coefficient (Wildman–Crippen LogP) is 4.22. The van der Waals surface area contributed by atoms with Crippen LogP contribution in [-0.2, 0) is 4.79 Å². The maximum absolute atomic E-state index is 13.3. The van der Waals surface area contributed by atoms with Crippen LogP contribution in [0.3, 0.4) is 0 Å². The molecule has 0 spiro atoms. The Morgan fingerprint density at radius 3 is 2.79 bits per heavy atom. The second kappa shape index (κ2) is 6.84. The third-order valence-electron chi connectivity index (χ3n) is 8.81. The smallest absolute Gasteiger partial charge is 0.162 e. The number of Topliss-reactive ketones (excluding diaryl/α,β-unsaturated/α-hetero) is 1. The molecule has 1 heterocycles. The van der Waals surface area contributed by atoms with Crippen LogP contribution in [0, 0.1) is 35.0 Å². The SMILES string of the molecule is CC12CCC(O)CC1CCC1C3CC/C(=C\c4ccco4)C(=O)C3CC(O)C12. The number of carbonyl (C=O) groups is 1. The molecule has 8 unspecified atom stereocenters. The van der Waals surface area contributed by atoms with Gasteiger partial charge >= 0.3 is 0 Å². The Labute approximate surface area is 167 Å². The molecule has 4 nitrogen and oxygen atoms in total. The molecule has 4 saturated carbocycles. The molecule has 0 bridgehead atoms. The van der Waals surface area contributed by atoms with Crippen molar-refractivity contribution >= 4 is 11.9 Å². The number of carbonyl (C=O) groups excluding carboxylic acids is 1. The summed E-state index contributed by atoms with van der Waals surface area (Å²) in [6.07, 6.45) is 10.4. The second-order valence-corrected chi connectivity index (χ2v) is 10.1. The first-order valence-corrected chi connectivity index (χ1v) is 11.1. The highest BCUT2D eigenvalue weighted by Crippen LogP contribution is 2.62. The second-order valence-electron chi connectivity index (χ2n) is 10.1. The van der Waals surface area contributed by atoms with Gasteiger partial charge in [0.15, 0.2) is 5.78 Å². The molecule has 0 aromatic carbocycles. The number of fused-ring (bicyclic) bond motifs is 5. The zero-order valence-electron chi connectivity index (χ0n) is 16.7. The highest BCUT2D eigenvalue weighted by molar-refractivity contribution is 6.01. The number of allylic oxidation sites excluding steroid dienone is 1. The highest BCUT2D eigenvalue weighted by Gasteiger charge is 2.59. The van der Waals surface area contributed by atoms with Gasteiger partial charge < -0.3 is 14.6 Å². The van der Waals surface area contributed by atoms with E-state index in [4.69, 9.17) is 4.42 Å². The number of furan rings is 1. The van der Waals surface area contributed by atoms with E-state index in [1.54, 1.807) is 6.26 Å². The van der Waals surface area contributed by atoms with Gasteiger partial charge in [0, 0.05) is 5.92 Å². The van der Waals surface area contributed by atoms with E-state index in [9.17, 15) is 15.0 Å². The van der Waals surface area contributed by atoms with E-state index in [0.29, 0.717) is 24.2 Å². The Bertz CT molecular complexity index is 766. The van der Waals surface area contributed by atoms with Gasteiger partial charge in [0.1, 0.15) is 5.76 Å². The predicted molar refractivity (Wildman–Crippen MR) is 106 cm³/mol. The van der Waals surface area contributed by atoms with Crippen molar-refractivity contribution in [1.82, 2.24) is 0 Å². The van der Waals surface area contributed by atoms with Crippen LogP contribution in [0.5, 0.6) is 0 Å². The van der Waals surface area contributed by atoms with E-state index >= 15 is 0 Å². The van der Waals surface area contributed by atoms with E-state index in [1.807, 2.05) is 18.2 Å². The number of aliphatic hydroxyl groups excluding tert-OH is 2. The van der Waals surface area contributed by atoms with Gasteiger partial charge in [-0.25, -0.2) is 0 Å². The van der Waals surface area contributed by atoms with Crippen molar-refractivity contribution in [3.63, 3.8) is 0 Å². The first kappa shape index (κ1) is 18.6. The zero-order chi connectivity index (χ0) is 19.5. The number of aliphatic hydroxyl groups is 2. The van der Waals surface area contributed by atoms with Gasteiger partial charge in [-0.3, -0.25) is 4.79 Å². The van der Waals surface area contributed by atoms with Crippen molar-refractivity contribution in [1.29, 1.82) is 0 Å². The molecular formula is C24H32O4. The summed E-state index contributed by atoms with van der Waals surface area (Å²) in [5.74, 6) is 2.57. The standard InChI is InChI=1S/C24H32O4/c1-24-9-8-16(25)12-15(24)5-7-19-18-6-4-14(11-17-3-2-10-28-17)23(27)20(18)13-21(26)22(19)24/h2-3,10-11,15-16,18-22,25-26H,4-9,12-13H2,1H3/b14-11+. The monoisotopic (exact) mass is 384 g/mol. The fourth-order valence-corrected chi connectivity index (χ4v) is 7.52. The Kier molecular flexibility index (Phi) is 4.55. The fraction of sp³-hybridized carbons (Fsp3) is 0.708. The van der Waals surface area contributed by atoms with Gasteiger partial charge in [-0.2, -0.15) is 0 Å². The Hall–Kier alpha value is -1.39. The van der Waals surface area contributed by atoms with Crippen molar-refractivity contribution < 1.29 is 19.4 Å². The number of ketones is 1. The van der Waals surface area contributed by atoms with Crippen LogP contribution in [0.25, 0.3) is 6.08 Å². The Balaban J connectivity index is 1.41. The van der Waals surface area contributed by atoms with Crippen molar-refractivity contribution in [2.45, 2.75) is 70.5 Å². The van der Waals surface area contributed by atoms with Crippen molar-refractivity contribution in [2.75, 3.05) is 0 Å². The van der Waals surface area contributed by atoms with Gasteiger partial charge in [-0.15, -0.1) is 0 Å². The van der Waals surface area contributed by atoms with E-state index < -0.39 is 6.10 Å². The molecule has 0 radical (unpaired) electrons. The molecule has 152 valence electrons. The number of rotatable bonds is 1. The van der Waals surface area contributed by atoms with Gasteiger partial charge in [0.2, 0.25) is 0 Å². The van der Waals surface area contributed by atoms with Gasteiger partial charge in [-0.05, 0) is 104 Å². The Morgan fingerprint density at radius 1 is 1.14 bits per heavy atom. The van der Waals surface area contributed by atoms with Crippen molar-refractivity contribution in [3.8, 4) is 0 Å². The summed E-state index contributed by atoms with van der Waals surface area (Å²) in [6.45, 7) is 2.36. The van der Waals surface area contributed by atoms with Crippen molar-refractivity contribution in [2.24, 2.45) is 35.0 Å². The summed E-state index contributed by atoms with van der Waals surface area (Å²) in [5.41, 5.74) is 0.974. The molecule has 5 rings (SSSR count). The molecule has 1 aromatic rings. The molecule has 8 atom stereocenters. The average Bonchev–Trinajstić information content (AvgIpc) is 3.18. The van der Waals surface area contributed by atoms with Crippen LogP contribution in [0.2, 0.25) is 0 Å². The van der Waals surface area contributed by atoms with Crippen LogP contribution in [0.1, 0.15) is 64.1 Å². The molecule has 0 saturated heterocycles. The highest BCUT2D eigenvalue weighted by atomic mass is 16.3. The molecule has 0 amide bonds. The molecule has 4 fully saturated rings. The minimum absolute atomic E-state index is 0.0412. The van der Waals surface area contributed by atoms with Gasteiger partial charge in [0.25, 0.3) is 0 Å². The minimum atomic E-state index is -0.402. The third-order valence-corrected chi connectivity index (χ3v) is 8.81. The average molecular weight is 385 g/mol. The summed E-state index contributed by atoms with van der Waals surface area (Å²) in [5, 5.41) is 21.4. The normalized spacial score (nSPS) is 47.3. The number of hydrogen-bond donors (Lipinski definition) is 2. The molecule has 28 heavy (non-hydrogen) atoms. The van der Waals surface area contributed by atoms with Crippen LogP contribution in [0.15, 0.2) is 28.4 Å². The van der Waals surface area contributed by atoms with Gasteiger partial charge in [0.05, 0.1) is 18.5 Å². The zero-order valence-corrected chi connectivity index (χ0v) is 16.7. The molecule has 0 aliphatic heterocycles. The minimum Gasteiger partial charge on any atom is -0.465 e. The first-order valence-electron chi connectivity index (χ1n) is 11.1. The fourth-order valence-electron chi connectivity index (χ4n) is 7.52. The topological polar surface area (TPSA) is 70.7 Å². The molecular weight excluding hydrogens is 352 g/mol. The van der Waals surface area contributed by atoms with Crippen LogP contribution < -0.4 is 0 Å². The van der Waals surface area contributed by atoms with Crippen molar-refractivity contribution in [3.05, 3.63) is 29.7 Å². The largest absolute Gasteiger partial charge is 0.465 e. The lowest BCUT2D eigenvalue weighted by molar-refractivity contribution is -0.168. The van der Waals surface area contributed by atoms with Crippen LogP contribution in [-0.4, -0.2) is 28.2 Å². The lowest BCUT2D eigenvalue weighted by atomic mass is 9.45. The van der Waals surface area contributed by atoms with Gasteiger partial charge in [-0.1, -0.05) is 6.92 Å². The van der Waals surface area contributed by atoms with E-state index in [2.05, 4.69) is 6.92 Å². The third kappa shape index (κ3) is 2.83. The van der Waals surface area contributed by atoms with E-state index in [1.165, 1.54) is 0 Å².